The minimum absolute atomic E-state index is 0.222. The van der Waals surface area contributed by atoms with E-state index in [9.17, 15) is 13.0 Å². The molecule has 0 saturated heterocycles. The van der Waals surface area contributed by atoms with Gasteiger partial charge >= 0.3 is 0 Å². The van der Waals surface area contributed by atoms with Crippen LogP contribution in [0.3, 0.4) is 0 Å². The fourth-order valence-electron chi connectivity index (χ4n) is 3.52. The van der Waals surface area contributed by atoms with E-state index in [1.54, 1.807) is 6.07 Å². The van der Waals surface area contributed by atoms with Gasteiger partial charge in [-0.25, -0.2) is 8.42 Å². The first-order valence-electron chi connectivity index (χ1n) is 11.3. The number of hydrogen-bond donors (Lipinski definition) is 0. The number of hydrogen-bond acceptors (Lipinski definition) is 3. The van der Waals surface area contributed by atoms with Crippen molar-refractivity contribution in [1.29, 1.82) is 0 Å². The zero-order valence-electron chi connectivity index (χ0n) is 19.2. The van der Waals surface area contributed by atoms with Crippen LogP contribution in [0.4, 0.5) is 0 Å². The molecule has 0 aliphatic carbocycles. The van der Waals surface area contributed by atoms with Crippen molar-refractivity contribution in [1.82, 2.24) is 0 Å². The number of nitrogens with zero attached hydrogens (tertiary/aromatic N) is 1. The summed E-state index contributed by atoms with van der Waals surface area (Å²) < 4.78 is 33.2. The van der Waals surface area contributed by atoms with Crippen LogP contribution >= 0.6 is 0 Å². The van der Waals surface area contributed by atoms with Crippen LogP contribution in [0.15, 0.2) is 35.7 Å². The van der Waals surface area contributed by atoms with Gasteiger partial charge in [-0.2, -0.15) is 0 Å². The minimum Gasteiger partial charge on any atom is -0.744 e. The molecule has 0 bridgehead atoms. The highest BCUT2D eigenvalue weighted by Crippen LogP contribution is 2.17. The Kier molecular flexibility index (Phi) is 15.0. The normalized spacial score (nSPS) is 11.6. The third kappa shape index (κ3) is 11.6. The molecule has 0 N–H and O–H groups in total. The van der Waals surface area contributed by atoms with Gasteiger partial charge in [-0.3, -0.25) is 0 Å². The molecule has 0 saturated carbocycles. The molecule has 168 valence electrons. The average molecular weight is 426 g/mol. The highest BCUT2D eigenvalue weighted by atomic mass is 32.2. The van der Waals surface area contributed by atoms with Gasteiger partial charge in [0.25, 0.3) is 0 Å². The Hall–Kier alpha value is -1.17. The summed E-state index contributed by atoms with van der Waals surface area (Å²) in [7, 11) is -4.37. The maximum Gasteiger partial charge on any atom is 0.125 e. The molecule has 0 amide bonds. The molecule has 5 heteroatoms. The molecule has 0 radical (unpaired) electrons. The molecular weight excluding hydrogens is 382 g/mol. The Morgan fingerprint density at radius 1 is 0.828 bits per heavy atom. The third-order valence-electron chi connectivity index (χ3n) is 5.35. The van der Waals surface area contributed by atoms with E-state index in [2.05, 4.69) is 34.3 Å². The summed E-state index contributed by atoms with van der Waals surface area (Å²) in [4.78, 5) is -0.222. The summed E-state index contributed by atoms with van der Waals surface area (Å²) in [6, 6.07) is 5.93. The molecule has 0 spiro atoms. The summed E-state index contributed by atoms with van der Waals surface area (Å²) >= 11 is 0. The van der Waals surface area contributed by atoms with Crippen LogP contribution in [0.5, 0.6) is 0 Å². The molecule has 0 unspecified atom stereocenters. The molecule has 0 fully saturated rings. The van der Waals surface area contributed by atoms with E-state index in [-0.39, 0.29) is 4.90 Å². The zero-order chi connectivity index (χ0) is 22.2. The molecule has 0 aliphatic heterocycles. The zero-order valence-corrected chi connectivity index (χ0v) is 20.0. The van der Waals surface area contributed by atoms with E-state index >= 15 is 0 Å². The predicted octanol–water partition coefficient (Wildman–Crippen LogP) is 6.24. The first kappa shape index (κ1) is 27.8. The second-order valence-corrected chi connectivity index (χ2v) is 9.19. The van der Waals surface area contributed by atoms with Crippen molar-refractivity contribution < 1.29 is 17.5 Å². The quantitative estimate of drug-likeness (QED) is 0.262. The summed E-state index contributed by atoms with van der Waals surface area (Å²) in [5.41, 5.74) is 0.340. The van der Waals surface area contributed by atoms with E-state index in [1.165, 1.54) is 106 Å². The monoisotopic (exact) mass is 425 g/mol. The maximum absolute atomic E-state index is 10.6. The number of rotatable bonds is 14. The second-order valence-electron chi connectivity index (χ2n) is 7.85. The highest BCUT2D eigenvalue weighted by molar-refractivity contribution is 7.85. The lowest BCUT2D eigenvalue weighted by molar-refractivity contribution is -0.929. The lowest BCUT2D eigenvalue weighted by atomic mass is 10.1. The van der Waals surface area contributed by atoms with E-state index in [4.69, 9.17) is 0 Å². The van der Waals surface area contributed by atoms with Crippen molar-refractivity contribution >= 4 is 16.2 Å². The summed E-state index contributed by atoms with van der Waals surface area (Å²) in [5.74, 6) is 0. The van der Waals surface area contributed by atoms with Crippen molar-refractivity contribution in [2.45, 2.75) is 84.0 Å². The van der Waals surface area contributed by atoms with Crippen LogP contribution in [0.1, 0.15) is 84.6 Å². The molecular formula is C24H43NO3S. The van der Waals surface area contributed by atoms with Gasteiger partial charge in [0.05, 0.1) is 31.1 Å². The Labute approximate surface area is 180 Å². The van der Waals surface area contributed by atoms with Gasteiger partial charge in [-0.05, 0) is 37.3 Å². The van der Waals surface area contributed by atoms with E-state index in [0.717, 1.165) is 0 Å². The van der Waals surface area contributed by atoms with Gasteiger partial charge in [0.15, 0.2) is 0 Å². The van der Waals surface area contributed by atoms with Crippen molar-refractivity contribution in [3.8, 4) is 0 Å². The lowest BCUT2D eigenvalue weighted by Gasteiger charge is -2.39. The molecule has 4 nitrogen and oxygen atoms in total. The highest BCUT2D eigenvalue weighted by Gasteiger charge is 2.24. The van der Waals surface area contributed by atoms with Gasteiger partial charge in [0.2, 0.25) is 0 Å². The van der Waals surface area contributed by atoms with Gasteiger partial charge in [0.1, 0.15) is 10.1 Å². The fraction of sp³-hybridized carbons (Fsp3) is 0.667. The maximum atomic E-state index is 10.6. The van der Waals surface area contributed by atoms with Crippen LogP contribution in [0.25, 0.3) is 6.08 Å². The van der Waals surface area contributed by atoms with Gasteiger partial charge < -0.3 is 9.04 Å². The largest absolute Gasteiger partial charge is 0.744 e. The molecule has 0 heterocycles. The van der Waals surface area contributed by atoms with Crippen LogP contribution in [0, 0.1) is 0 Å². The van der Waals surface area contributed by atoms with E-state index < -0.39 is 10.1 Å². The summed E-state index contributed by atoms with van der Waals surface area (Å²) in [5, 5.41) is 0. The van der Waals surface area contributed by atoms with Crippen molar-refractivity contribution in [2.75, 3.05) is 26.2 Å². The fourth-order valence-corrected chi connectivity index (χ4v) is 4.21. The van der Waals surface area contributed by atoms with Crippen molar-refractivity contribution in [3.05, 3.63) is 36.4 Å². The number of benzene rings is 1. The standard InChI is InChI=1S/C16H36N.C8H8O3S/c1-5-9-13-17(14-10-6-2,15-11-7-3)16-12-8-4;1-2-7-5-3-4-6-8(7)12(9,10)11/h5-16H2,1-4H3;2-6H,1H2,(H,9,10,11)/q+1;/p-1. The predicted molar refractivity (Wildman–Crippen MR) is 124 cm³/mol. The Morgan fingerprint density at radius 3 is 1.48 bits per heavy atom. The second kappa shape index (κ2) is 15.6. The van der Waals surface area contributed by atoms with Gasteiger partial charge in [-0.1, -0.05) is 84.2 Å². The van der Waals surface area contributed by atoms with E-state index in [1.807, 2.05) is 0 Å². The molecule has 0 aliphatic rings. The molecule has 0 aromatic heterocycles. The van der Waals surface area contributed by atoms with Crippen LogP contribution in [0.2, 0.25) is 0 Å². The molecule has 1 aromatic rings. The first-order chi connectivity index (χ1) is 13.8. The molecule has 0 atom stereocenters. The topological polar surface area (TPSA) is 57.2 Å². The summed E-state index contributed by atoms with van der Waals surface area (Å²) in [6.45, 7) is 18.4. The molecule has 1 aromatic carbocycles. The minimum atomic E-state index is -4.37. The molecule has 29 heavy (non-hydrogen) atoms. The Morgan fingerprint density at radius 2 is 1.21 bits per heavy atom. The average Bonchev–Trinajstić information content (AvgIpc) is 2.72. The lowest BCUT2D eigenvalue weighted by Crippen LogP contribution is -2.50. The Balaban J connectivity index is 0.000000571. The van der Waals surface area contributed by atoms with Crippen molar-refractivity contribution in [2.24, 2.45) is 0 Å². The Bertz CT molecular complexity index is 618. The van der Waals surface area contributed by atoms with Crippen LogP contribution < -0.4 is 0 Å². The van der Waals surface area contributed by atoms with Crippen molar-refractivity contribution in [3.63, 3.8) is 0 Å². The van der Waals surface area contributed by atoms with E-state index in [0.29, 0.717) is 5.56 Å². The SMILES string of the molecule is C=Cc1ccccc1S(=O)(=O)[O-].CCCC[N+](CCCC)(CCCC)CCCC. The first-order valence-corrected chi connectivity index (χ1v) is 12.7. The van der Waals surface area contributed by atoms with Crippen LogP contribution in [-0.2, 0) is 10.1 Å². The third-order valence-corrected chi connectivity index (χ3v) is 6.26. The smallest absolute Gasteiger partial charge is 0.125 e. The van der Waals surface area contributed by atoms with Crippen LogP contribution in [-0.4, -0.2) is 43.6 Å². The van der Waals surface area contributed by atoms with Gasteiger partial charge in [0, 0.05) is 0 Å². The molecule has 1 rings (SSSR count). The number of quaternary nitrogens is 1. The summed E-state index contributed by atoms with van der Waals surface area (Å²) in [6.07, 6.45) is 12.4. The van der Waals surface area contributed by atoms with Gasteiger partial charge in [-0.15, -0.1) is 0 Å². The number of unbranched alkanes of at least 4 members (excludes halogenated alkanes) is 4.